The van der Waals surface area contributed by atoms with Crippen LogP contribution < -0.4 is 5.32 Å². The molecule has 0 fully saturated rings. The third kappa shape index (κ3) is 4.97. The molecule has 0 atom stereocenters. The van der Waals surface area contributed by atoms with E-state index in [0.717, 1.165) is 26.1 Å². The second-order valence-electron chi connectivity index (χ2n) is 5.30. The molecular formula is C17H21Cl2N3O2. The van der Waals surface area contributed by atoms with Crippen LogP contribution in [0.2, 0.25) is 10.0 Å². The van der Waals surface area contributed by atoms with Crippen molar-refractivity contribution in [1.29, 1.82) is 0 Å². The largest absolute Gasteiger partial charge is 0.444 e. The molecule has 0 saturated heterocycles. The highest BCUT2D eigenvalue weighted by atomic mass is 35.5. The molecule has 130 valence electrons. The number of carbonyl (C=O) groups excluding carboxylic acids is 1. The summed E-state index contributed by atoms with van der Waals surface area (Å²) in [5, 5.41) is 3.72. The predicted octanol–water partition coefficient (Wildman–Crippen LogP) is 4.11. The Morgan fingerprint density at radius 2 is 2.00 bits per heavy atom. The van der Waals surface area contributed by atoms with Crippen LogP contribution in [-0.4, -0.2) is 42.0 Å². The van der Waals surface area contributed by atoms with E-state index < -0.39 is 0 Å². The zero-order valence-corrected chi connectivity index (χ0v) is 15.3. The van der Waals surface area contributed by atoms with Gasteiger partial charge in [0.25, 0.3) is 5.91 Å². The Hall–Kier alpha value is -1.56. The van der Waals surface area contributed by atoms with Gasteiger partial charge >= 0.3 is 0 Å². The molecule has 1 aromatic carbocycles. The molecule has 24 heavy (non-hydrogen) atoms. The van der Waals surface area contributed by atoms with Crippen molar-refractivity contribution in [3.63, 3.8) is 0 Å². The van der Waals surface area contributed by atoms with Crippen molar-refractivity contribution >= 4 is 29.1 Å². The number of rotatable bonds is 8. The fourth-order valence-corrected chi connectivity index (χ4v) is 2.57. The first-order valence-electron chi connectivity index (χ1n) is 7.96. The predicted molar refractivity (Wildman–Crippen MR) is 96.7 cm³/mol. The van der Waals surface area contributed by atoms with E-state index >= 15 is 0 Å². The van der Waals surface area contributed by atoms with Crippen molar-refractivity contribution in [2.45, 2.75) is 20.3 Å². The fourth-order valence-electron chi connectivity index (χ4n) is 2.27. The Balaban J connectivity index is 1.90. The third-order valence-corrected chi connectivity index (χ3v) is 4.47. The summed E-state index contributed by atoms with van der Waals surface area (Å²) < 4.78 is 5.36. The average molecular weight is 370 g/mol. The van der Waals surface area contributed by atoms with Gasteiger partial charge in [-0.25, -0.2) is 4.98 Å². The summed E-state index contributed by atoms with van der Waals surface area (Å²) in [7, 11) is 0. The zero-order valence-electron chi connectivity index (χ0n) is 13.8. The summed E-state index contributed by atoms with van der Waals surface area (Å²) >= 11 is 11.9. The van der Waals surface area contributed by atoms with Crippen LogP contribution >= 0.6 is 23.2 Å². The van der Waals surface area contributed by atoms with E-state index in [9.17, 15) is 4.79 Å². The average Bonchev–Trinajstić information content (AvgIpc) is 3.07. The number of oxazole rings is 1. The minimum absolute atomic E-state index is 0.246. The smallest absolute Gasteiger partial charge is 0.273 e. The molecular weight excluding hydrogens is 349 g/mol. The fraction of sp³-hybridized carbons (Fsp3) is 0.412. The number of nitrogens with one attached hydrogen (secondary N) is 1. The monoisotopic (exact) mass is 369 g/mol. The highest BCUT2D eigenvalue weighted by Gasteiger charge is 2.14. The Labute approximate surface area is 151 Å². The Morgan fingerprint density at radius 1 is 1.25 bits per heavy atom. The third-order valence-electron chi connectivity index (χ3n) is 3.73. The molecule has 0 saturated carbocycles. The lowest BCUT2D eigenvalue weighted by atomic mass is 10.2. The van der Waals surface area contributed by atoms with Crippen molar-refractivity contribution in [2.24, 2.45) is 0 Å². The van der Waals surface area contributed by atoms with Crippen molar-refractivity contribution in [1.82, 2.24) is 15.2 Å². The molecule has 2 rings (SSSR count). The van der Waals surface area contributed by atoms with Gasteiger partial charge in [0, 0.05) is 12.1 Å². The molecule has 0 unspecified atom stereocenters. The second kappa shape index (κ2) is 9.06. The summed E-state index contributed by atoms with van der Waals surface area (Å²) in [6.45, 7) is 7.84. The second-order valence-corrected chi connectivity index (χ2v) is 6.12. The van der Waals surface area contributed by atoms with E-state index in [4.69, 9.17) is 27.6 Å². The Bertz CT molecular complexity index is 684. The first kappa shape index (κ1) is 18.8. The van der Waals surface area contributed by atoms with Crippen LogP contribution in [0.4, 0.5) is 0 Å². The quantitative estimate of drug-likeness (QED) is 0.711. The Kier molecular flexibility index (Phi) is 7.09. The first-order valence-corrected chi connectivity index (χ1v) is 8.72. The molecule has 1 amide bonds. The molecule has 7 heteroatoms. The molecule has 0 bridgehead atoms. The SMILES string of the molecule is CCN(CC)CCCNC(=O)c1coc(-c2ccc(Cl)c(Cl)c2)n1. The van der Waals surface area contributed by atoms with Crippen molar-refractivity contribution in [2.75, 3.05) is 26.2 Å². The normalized spacial score (nSPS) is 11.0. The summed E-state index contributed by atoms with van der Waals surface area (Å²) in [6.07, 6.45) is 2.24. The lowest BCUT2D eigenvalue weighted by Gasteiger charge is -2.17. The van der Waals surface area contributed by atoms with E-state index in [0.29, 0.717) is 28.0 Å². The number of nitrogens with zero attached hydrogens (tertiary/aromatic N) is 2. The van der Waals surface area contributed by atoms with Crippen molar-refractivity contribution in [3.8, 4) is 11.5 Å². The standard InChI is InChI=1S/C17H21Cl2N3O2/c1-3-22(4-2)9-5-8-20-16(23)15-11-24-17(21-15)12-6-7-13(18)14(19)10-12/h6-7,10-11H,3-5,8-9H2,1-2H3,(H,20,23). The number of benzene rings is 1. The van der Waals surface area contributed by atoms with Crippen molar-refractivity contribution < 1.29 is 9.21 Å². The highest BCUT2D eigenvalue weighted by Crippen LogP contribution is 2.28. The number of amides is 1. The van der Waals surface area contributed by atoms with Gasteiger partial charge in [0.1, 0.15) is 6.26 Å². The van der Waals surface area contributed by atoms with Crippen molar-refractivity contribution in [3.05, 3.63) is 40.2 Å². The van der Waals surface area contributed by atoms with Crippen LogP contribution in [0.15, 0.2) is 28.9 Å². The molecule has 0 aliphatic rings. The van der Waals surface area contributed by atoms with E-state index in [1.807, 2.05) is 0 Å². The van der Waals surface area contributed by atoms with Crippen LogP contribution in [0.3, 0.4) is 0 Å². The van der Waals surface area contributed by atoms with Gasteiger partial charge in [-0.1, -0.05) is 37.0 Å². The van der Waals surface area contributed by atoms with Crippen LogP contribution in [0, 0.1) is 0 Å². The summed E-state index contributed by atoms with van der Waals surface area (Å²) in [5.41, 5.74) is 0.920. The molecule has 0 radical (unpaired) electrons. The number of carbonyl (C=O) groups is 1. The number of hydrogen-bond acceptors (Lipinski definition) is 4. The van der Waals surface area contributed by atoms with Gasteiger partial charge in [-0.15, -0.1) is 0 Å². The van der Waals surface area contributed by atoms with Crippen LogP contribution in [0.25, 0.3) is 11.5 Å². The summed E-state index contributed by atoms with van der Waals surface area (Å²) in [5.74, 6) is 0.0893. The van der Waals surface area contributed by atoms with Gasteiger partial charge in [-0.3, -0.25) is 4.79 Å². The van der Waals surface area contributed by atoms with Crippen LogP contribution in [0.1, 0.15) is 30.8 Å². The number of halogens is 2. The highest BCUT2D eigenvalue weighted by molar-refractivity contribution is 6.42. The Morgan fingerprint density at radius 3 is 2.67 bits per heavy atom. The van der Waals surface area contributed by atoms with Crippen LogP contribution in [-0.2, 0) is 0 Å². The molecule has 5 nitrogen and oxygen atoms in total. The molecule has 1 heterocycles. The van der Waals surface area contributed by atoms with Gasteiger partial charge in [-0.2, -0.15) is 0 Å². The lowest BCUT2D eigenvalue weighted by molar-refractivity contribution is 0.0947. The van der Waals surface area contributed by atoms with Crippen LogP contribution in [0.5, 0.6) is 0 Å². The molecule has 1 aromatic heterocycles. The van der Waals surface area contributed by atoms with Gasteiger partial charge < -0.3 is 14.6 Å². The number of hydrogen-bond donors (Lipinski definition) is 1. The van der Waals surface area contributed by atoms with E-state index in [1.54, 1.807) is 18.2 Å². The minimum atomic E-state index is -0.246. The van der Waals surface area contributed by atoms with Gasteiger partial charge in [-0.05, 0) is 44.3 Å². The topological polar surface area (TPSA) is 58.4 Å². The molecule has 2 aromatic rings. The van der Waals surface area contributed by atoms with E-state index in [-0.39, 0.29) is 11.6 Å². The molecule has 0 aliphatic heterocycles. The number of aromatic nitrogens is 1. The maximum Gasteiger partial charge on any atom is 0.273 e. The zero-order chi connectivity index (χ0) is 17.5. The summed E-state index contributed by atoms with van der Waals surface area (Å²) in [4.78, 5) is 18.6. The van der Waals surface area contributed by atoms with Gasteiger partial charge in [0.15, 0.2) is 5.69 Å². The molecule has 1 N–H and O–H groups in total. The maximum absolute atomic E-state index is 12.1. The maximum atomic E-state index is 12.1. The lowest BCUT2D eigenvalue weighted by Crippen LogP contribution is -2.30. The molecule has 0 spiro atoms. The molecule has 0 aliphatic carbocycles. The first-order chi connectivity index (χ1) is 11.5. The van der Waals surface area contributed by atoms with Gasteiger partial charge in [0.2, 0.25) is 5.89 Å². The van der Waals surface area contributed by atoms with Gasteiger partial charge in [0.05, 0.1) is 10.0 Å². The van der Waals surface area contributed by atoms with E-state index in [2.05, 4.69) is 29.0 Å². The summed E-state index contributed by atoms with van der Waals surface area (Å²) in [6, 6.07) is 5.06. The minimum Gasteiger partial charge on any atom is -0.444 e. The van der Waals surface area contributed by atoms with E-state index in [1.165, 1.54) is 6.26 Å².